The number of rotatable bonds is 6. The van der Waals surface area contributed by atoms with Crippen LogP contribution < -0.4 is 5.32 Å². The van der Waals surface area contributed by atoms with Crippen molar-refractivity contribution in [3.8, 4) is 0 Å². The first-order valence-electron chi connectivity index (χ1n) is 6.36. The third kappa shape index (κ3) is 3.55. The molecular weight excluding hydrogens is 282 g/mol. The molecule has 1 unspecified atom stereocenters. The highest BCUT2D eigenvalue weighted by Gasteiger charge is 2.16. The van der Waals surface area contributed by atoms with Gasteiger partial charge in [-0.15, -0.1) is 11.3 Å². The molecule has 0 aliphatic rings. The summed E-state index contributed by atoms with van der Waals surface area (Å²) >= 11 is 7.52. The average Bonchev–Trinajstić information content (AvgIpc) is 2.81. The lowest BCUT2D eigenvalue weighted by molar-refractivity contribution is 0.126. The second-order valence-electron chi connectivity index (χ2n) is 4.63. The summed E-state index contributed by atoms with van der Waals surface area (Å²) in [5.41, 5.74) is 0. The highest BCUT2D eigenvalue weighted by molar-refractivity contribution is 7.16. The van der Waals surface area contributed by atoms with Crippen LogP contribution in [-0.4, -0.2) is 29.2 Å². The van der Waals surface area contributed by atoms with E-state index in [1.54, 1.807) is 11.3 Å². The van der Waals surface area contributed by atoms with Gasteiger partial charge in [-0.25, -0.2) is 9.97 Å². The van der Waals surface area contributed by atoms with Gasteiger partial charge in [0.25, 0.3) is 0 Å². The number of anilines is 1. The number of nitrogens with one attached hydrogen (secondary N) is 1. The number of hydrogen-bond donors (Lipinski definition) is 1. The normalized spacial score (nSPS) is 13.1. The molecule has 2 heterocycles. The highest BCUT2D eigenvalue weighted by Crippen LogP contribution is 2.27. The van der Waals surface area contributed by atoms with E-state index >= 15 is 0 Å². The Kier molecular flexibility index (Phi) is 4.96. The van der Waals surface area contributed by atoms with E-state index in [4.69, 9.17) is 16.3 Å². The Morgan fingerprint density at radius 3 is 2.89 bits per heavy atom. The first-order valence-corrected chi connectivity index (χ1v) is 7.62. The third-order valence-electron chi connectivity index (χ3n) is 2.93. The number of halogens is 1. The van der Waals surface area contributed by atoms with Gasteiger partial charge in [-0.1, -0.05) is 13.8 Å². The van der Waals surface area contributed by atoms with Crippen molar-refractivity contribution in [2.24, 2.45) is 5.92 Å². The summed E-state index contributed by atoms with van der Waals surface area (Å²) in [6.45, 7) is 7.68. The van der Waals surface area contributed by atoms with Crippen LogP contribution in [0.3, 0.4) is 0 Å². The molecule has 2 rings (SSSR count). The van der Waals surface area contributed by atoms with E-state index in [2.05, 4.69) is 29.1 Å². The molecule has 2 aromatic heterocycles. The quantitative estimate of drug-likeness (QED) is 0.824. The van der Waals surface area contributed by atoms with Crippen molar-refractivity contribution in [1.29, 1.82) is 0 Å². The molecule has 0 aliphatic heterocycles. The van der Waals surface area contributed by atoms with E-state index in [0.29, 0.717) is 19.1 Å². The Labute approximate surface area is 122 Å². The largest absolute Gasteiger partial charge is 0.380 e. The van der Waals surface area contributed by atoms with Crippen molar-refractivity contribution in [1.82, 2.24) is 9.97 Å². The van der Waals surface area contributed by atoms with Crippen LogP contribution in [0, 0.1) is 5.92 Å². The lowest BCUT2D eigenvalue weighted by Gasteiger charge is -2.23. The molecule has 0 spiro atoms. The van der Waals surface area contributed by atoms with Crippen molar-refractivity contribution < 1.29 is 4.74 Å². The summed E-state index contributed by atoms with van der Waals surface area (Å²) in [4.78, 5) is 9.41. The van der Waals surface area contributed by atoms with Crippen LogP contribution in [0.4, 0.5) is 5.82 Å². The minimum absolute atomic E-state index is 0.203. The second-order valence-corrected chi connectivity index (χ2v) is 5.87. The van der Waals surface area contributed by atoms with E-state index < -0.39 is 0 Å². The molecule has 0 radical (unpaired) electrons. The van der Waals surface area contributed by atoms with E-state index in [1.165, 1.54) is 0 Å². The molecule has 104 valence electrons. The van der Waals surface area contributed by atoms with Gasteiger partial charge in [0.05, 0.1) is 18.0 Å². The van der Waals surface area contributed by atoms with Gasteiger partial charge < -0.3 is 10.1 Å². The first kappa shape index (κ1) is 14.5. The van der Waals surface area contributed by atoms with Crippen molar-refractivity contribution in [3.05, 3.63) is 16.7 Å². The summed E-state index contributed by atoms with van der Waals surface area (Å²) in [5.74, 6) is 1.23. The molecule has 0 aliphatic carbocycles. The van der Waals surface area contributed by atoms with Crippen LogP contribution >= 0.6 is 22.9 Å². The van der Waals surface area contributed by atoms with Crippen molar-refractivity contribution in [2.45, 2.75) is 26.8 Å². The van der Waals surface area contributed by atoms with Crippen LogP contribution in [0.2, 0.25) is 5.28 Å². The smallest absolute Gasteiger partial charge is 0.225 e. The van der Waals surface area contributed by atoms with Gasteiger partial charge in [0.1, 0.15) is 10.6 Å². The van der Waals surface area contributed by atoms with Gasteiger partial charge in [0, 0.05) is 6.61 Å². The second kappa shape index (κ2) is 6.50. The number of hydrogen-bond acceptors (Lipinski definition) is 5. The number of aromatic nitrogens is 2. The van der Waals surface area contributed by atoms with E-state index in [1.807, 2.05) is 18.4 Å². The van der Waals surface area contributed by atoms with Crippen LogP contribution in [0.25, 0.3) is 10.2 Å². The standard InChI is InChI=1S/C13H18ClN3OS/c1-4-18-7-10(8(2)3)15-11-9-5-6-19-12(9)17-13(14)16-11/h5-6,8,10H,4,7H2,1-3H3,(H,15,16,17). The van der Waals surface area contributed by atoms with Crippen LogP contribution in [0.5, 0.6) is 0 Å². The van der Waals surface area contributed by atoms with Crippen molar-refractivity contribution in [3.63, 3.8) is 0 Å². The Hall–Kier alpha value is -0.910. The van der Waals surface area contributed by atoms with Gasteiger partial charge in [-0.2, -0.15) is 0 Å². The van der Waals surface area contributed by atoms with E-state index in [9.17, 15) is 0 Å². The van der Waals surface area contributed by atoms with Gasteiger partial charge in [-0.05, 0) is 35.9 Å². The lowest BCUT2D eigenvalue weighted by atomic mass is 10.1. The zero-order valence-corrected chi connectivity index (χ0v) is 12.9. The fourth-order valence-electron chi connectivity index (χ4n) is 1.76. The first-order chi connectivity index (χ1) is 9.11. The molecule has 6 heteroatoms. The molecule has 0 fully saturated rings. The predicted octanol–water partition coefficient (Wildman–Crippen LogP) is 3.82. The molecule has 19 heavy (non-hydrogen) atoms. The predicted molar refractivity (Wildman–Crippen MR) is 81.2 cm³/mol. The van der Waals surface area contributed by atoms with Crippen molar-refractivity contribution >= 4 is 39.0 Å². The van der Waals surface area contributed by atoms with Gasteiger partial charge in [-0.3, -0.25) is 0 Å². The molecule has 0 saturated heterocycles. The summed E-state index contributed by atoms with van der Waals surface area (Å²) in [7, 11) is 0. The zero-order valence-electron chi connectivity index (χ0n) is 11.3. The molecule has 0 aromatic carbocycles. The minimum Gasteiger partial charge on any atom is -0.380 e. The number of thiophene rings is 1. The zero-order chi connectivity index (χ0) is 13.8. The molecule has 0 bridgehead atoms. The molecule has 0 amide bonds. The molecule has 1 N–H and O–H groups in total. The Balaban J connectivity index is 2.25. The maximum absolute atomic E-state index is 5.96. The molecule has 0 saturated carbocycles. The fourth-order valence-corrected chi connectivity index (χ4v) is 2.74. The maximum atomic E-state index is 5.96. The summed E-state index contributed by atoms with van der Waals surface area (Å²) < 4.78 is 5.52. The van der Waals surface area contributed by atoms with Crippen molar-refractivity contribution in [2.75, 3.05) is 18.5 Å². The number of ether oxygens (including phenoxy) is 1. The lowest BCUT2D eigenvalue weighted by Crippen LogP contribution is -2.31. The number of fused-ring (bicyclic) bond motifs is 1. The number of nitrogens with zero attached hydrogens (tertiary/aromatic N) is 2. The Morgan fingerprint density at radius 1 is 1.42 bits per heavy atom. The SMILES string of the molecule is CCOCC(Nc1nc(Cl)nc2sccc12)C(C)C. The van der Waals surface area contributed by atoms with E-state index in [0.717, 1.165) is 16.0 Å². The third-order valence-corrected chi connectivity index (χ3v) is 3.90. The molecule has 1 atom stereocenters. The van der Waals surface area contributed by atoms with E-state index in [-0.39, 0.29) is 11.3 Å². The summed E-state index contributed by atoms with van der Waals surface area (Å²) in [6, 6.07) is 2.21. The Bertz CT molecular complexity index is 544. The monoisotopic (exact) mass is 299 g/mol. The summed E-state index contributed by atoms with van der Waals surface area (Å²) in [6.07, 6.45) is 0. The average molecular weight is 300 g/mol. The van der Waals surface area contributed by atoms with Gasteiger partial charge in [0.2, 0.25) is 5.28 Å². The van der Waals surface area contributed by atoms with Gasteiger partial charge in [0.15, 0.2) is 0 Å². The topological polar surface area (TPSA) is 47.0 Å². The highest BCUT2D eigenvalue weighted by atomic mass is 35.5. The fraction of sp³-hybridized carbons (Fsp3) is 0.538. The maximum Gasteiger partial charge on any atom is 0.225 e. The Morgan fingerprint density at radius 2 is 2.21 bits per heavy atom. The molecular formula is C13H18ClN3OS. The minimum atomic E-state index is 0.203. The van der Waals surface area contributed by atoms with Gasteiger partial charge >= 0.3 is 0 Å². The van der Waals surface area contributed by atoms with Crippen LogP contribution in [-0.2, 0) is 4.74 Å². The molecule has 2 aromatic rings. The van der Waals surface area contributed by atoms with Crippen LogP contribution in [0.1, 0.15) is 20.8 Å². The summed E-state index contributed by atoms with van der Waals surface area (Å²) in [5, 5.41) is 6.71. The van der Waals surface area contributed by atoms with Crippen LogP contribution in [0.15, 0.2) is 11.4 Å². The molecule has 4 nitrogen and oxygen atoms in total.